The maximum absolute atomic E-state index is 12.5. The van der Waals surface area contributed by atoms with Crippen molar-refractivity contribution in [1.82, 2.24) is 20.1 Å². The SMILES string of the molecule is Cc1ccc(-n2nc(C)c3cc(C(=O)NCc4ccccn4)sc32)cc1. The quantitative estimate of drug-likeness (QED) is 0.596. The molecule has 0 saturated heterocycles. The summed E-state index contributed by atoms with van der Waals surface area (Å²) in [4.78, 5) is 18.4. The molecule has 0 unspecified atom stereocenters. The van der Waals surface area contributed by atoms with Crippen LogP contribution in [-0.4, -0.2) is 20.7 Å². The zero-order chi connectivity index (χ0) is 18.1. The molecule has 4 rings (SSSR count). The Morgan fingerprint density at radius 1 is 1.15 bits per heavy atom. The third kappa shape index (κ3) is 3.11. The number of rotatable bonds is 4. The Morgan fingerprint density at radius 3 is 2.69 bits per heavy atom. The van der Waals surface area contributed by atoms with Gasteiger partial charge in [0.05, 0.1) is 28.5 Å². The van der Waals surface area contributed by atoms with E-state index in [9.17, 15) is 4.79 Å². The Hall–Kier alpha value is -2.99. The second kappa shape index (κ2) is 6.72. The molecule has 1 N–H and O–H groups in total. The number of hydrogen-bond acceptors (Lipinski definition) is 4. The number of hydrogen-bond donors (Lipinski definition) is 1. The molecule has 0 aliphatic heterocycles. The molecule has 0 fully saturated rings. The highest BCUT2D eigenvalue weighted by atomic mass is 32.1. The molecule has 1 amide bonds. The Labute approximate surface area is 155 Å². The summed E-state index contributed by atoms with van der Waals surface area (Å²) in [5.74, 6) is -0.0910. The fourth-order valence-electron chi connectivity index (χ4n) is 2.78. The zero-order valence-corrected chi connectivity index (χ0v) is 15.4. The normalized spacial score (nSPS) is 11.0. The van der Waals surface area contributed by atoms with Crippen LogP contribution in [-0.2, 0) is 6.54 Å². The summed E-state index contributed by atoms with van der Waals surface area (Å²) in [5, 5.41) is 8.57. The lowest BCUT2D eigenvalue weighted by atomic mass is 10.2. The number of thiophene rings is 1. The van der Waals surface area contributed by atoms with Gasteiger partial charge in [-0.2, -0.15) is 5.10 Å². The number of amides is 1. The molecule has 0 aliphatic rings. The molecule has 0 bridgehead atoms. The number of pyridine rings is 1. The van der Waals surface area contributed by atoms with Crippen LogP contribution in [0.15, 0.2) is 54.7 Å². The van der Waals surface area contributed by atoms with Crippen LogP contribution < -0.4 is 5.32 Å². The second-order valence-electron chi connectivity index (χ2n) is 6.17. The molecule has 130 valence electrons. The first-order chi connectivity index (χ1) is 12.6. The van der Waals surface area contributed by atoms with Gasteiger partial charge in [-0.25, -0.2) is 4.68 Å². The molecule has 5 nitrogen and oxygen atoms in total. The van der Waals surface area contributed by atoms with Gasteiger partial charge in [0.15, 0.2) is 0 Å². The van der Waals surface area contributed by atoms with E-state index in [0.29, 0.717) is 11.4 Å². The minimum absolute atomic E-state index is 0.0910. The van der Waals surface area contributed by atoms with E-state index in [1.807, 2.05) is 48.0 Å². The van der Waals surface area contributed by atoms with Crippen LogP contribution in [0.2, 0.25) is 0 Å². The van der Waals surface area contributed by atoms with Crippen LogP contribution in [0.4, 0.5) is 0 Å². The largest absolute Gasteiger partial charge is 0.346 e. The lowest BCUT2D eigenvalue weighted by Crippen LogP contribution is -2.22. The number of nitrogens with zero attached hydrogens (tertiary/aromatic N) is 3. The van der Waals surface area contributed by atoms with E-state index >= 15 is 0 Å². The molecule has 0 aliphatic carbocycles. The molecular formula is C20H18N4OS. The van der Waals surface area contributed by atoms with Gasteiger partial charge in [0.25, 0.3) is 5.91 Å². The number of aromatic nitrogens is 3. The van der Waals surface area contributed by atoms with E-state index in [2.05, 4.69) is 34.5 Å². The molecule has 26 heavy (non-hydrogen) atoms. The van der Waals surface area contributed by atoms with Crippen molar-refractivity contribution in [1.29, 1.82) is 0 Å². The van der Waals surface area contributed by atoms with Crippen LogP contribution >= 0.6 is 11.3 Å². The predicted molar refractivity (Wildman–Crippen MR) is 104 cm³/mol. The first-order valence-electron chi connectivity index (χ1n) is 8.36. The molecule has 0 spiro atoms. The fourth-order valence-corrected chi connectivity index (χ4v) is 3.88. The summed E-state index contributed by atoms with van der Waals surface area (Å²) in [5.41, 5.74) is 3.95. The van der Waals surface area contributed by atoms with Gasteiger partial charge in [0.1, 0.15) is 4.83 Å². The van der Waals surface area contributed by atoms with Crippen LogP contribution in [0.5, 0.6) is 0 Å². The van der Waals surface area contributed by atoms with Gasteiger partial charge in [-0.3, -0.25) is 9.78 Å². The van der Waals surface area contributed by atoms with E-state index in [1.165, 1.54) is 16.9 Å². The van der Waals surface area contributed by atoms with Gasteiger partial charge in [-0.15, -0.1) is 11.3 Å². The van der Waals surface area contributed by atoms with E-state index in [0.717, 1.165) is 27.3 Å². The van der Waals surface area contributed by atoms with Crippen LogP contribution in [0, 0.1) is 13.8 Å². The molecule has 3 aromatic heterocycles. The van der Waals surface area contributed by atoms with Crippen LogP contribution in [0.3, 0.4) is 0 Å². The third-order valence-corrected chi connectivity index (χ3v) is 5.31. The van der Waals surface area contributed by atoms with Gasteiger partial charge in [0, 0.05) is 11.6 Å². The Morgan fingerprint density at radius 2 is 1.96 bits per heavy atom. The second-order valence-corrected chi connectivity index (χ2v) is 7.20. The standard InChI is InChI=1S/C20H18N4OS/c1-13-6-8-16(9-7-13)24-20-17(14(2)23-24)11-18(26-20)19(25)22-12-15-5-3-4-10-21-15/h3-11H,12H2,1-2H3,(H,22,25). The van der Waals surface area contributed by atoms with Crippen LogP contribution in [0.25, 0.3) is 15.9 Å². The fraction of sp³-hybridized carbons (Fsp3) is 0.150. The highest BCUT2D eigenvalue weighted by Crippen LogP contribution is 2.30. The smallest absolute Gasteiger partial charge is 0.261 e. The van der Waals surface area contributed by atoms with Crippen LogP contribution in [0.1, 0.15) is 26.6 Å². The summed E-state index contributed by atoms with van der Waals surface area (Å²) >= 11 is 1.46. The van der Waals surface area contributed by atoms with Crippen molar-refractivity contribution in [2.45, 2.75) is 20.4 Å². The van der Waals surface area contributed by atoms with Crippen molar-refractivity contribution >= 4 is 27.5 Å². The summed E-state index contributed by atoms with van der Waals surface area (Å²) in [7, 11) is 0. The molecule has 1 aromatic carbocycles. The number of aryl methyl sites for hydroxylation is 2. The van der Waals surface area contributed by atoms with Gasteiger partial charge < -0.3 is 5.32 Å². The topological polar surface area (TPSA) is 59.8 Å². The average molecular weight is 362 g/mol. The predicted octanol–water partition coefficient (Wildman–Crippen LogP) is 4.03. The summed E-state index contributed by atoms with van der Waals surface area (Å²) in [6.07, 6.45) is 1.72. The minimum Gasteiger partial charge on any atom is -0.346 e. The first-order valence-corrected chi connectivity index (χ1v) is 9.18. The number of fused-ring (bicyclic) bond motifs is 1. The summed E-state index contributed by atoms with van der Waals surface area (Å²) in [6.45, 7) is 4.44. The van der Waals surface area contributed by atoms with Crippen molar-refractivity contribution in [3.05, 3.63) is 76.6 Å². The Bertz CT molecular complexity index is 1060. The first kappa shape index (κ1) is 16.5. The van der Waals surface area contributed by atoms with Gasteiger partial charge >= 0.3 is 0 Å². The molecule has 0 atom stereocenters. The number of benzene rings is 1. The molecule has 0 saturated carbocycles. The monoisotopic (exact) mass is 362 g/mol. The highest BCUT2D eigenvalue weighted by Gasteiger charge is 2.17. The van der Waals surface area contributed by atoms with Crippen molar-refractivity contribution < 1.29 is 4.79 Å². The minimum atomic E-state index is -0.0910. The molecular weight excluding hydrogens is 344 g/mol. The van der Waals surface area contributed by atoms with E-state index in [1.54, 1.807) is 6.20 Å². The zero-order valence-electron chi connectivity index (χ0n) is 14.6. The average Bonchev–Trinajstić information content (AvgIpc) is 3.22. The van der Waals surface area contributed by atoms with E-state index in [4.69, 9.17) is 0 Å². The number of carbonyl (C=O) groups is 1. The summed E-state index contributed by atoms with van der Waals surface area (Å²) in [6, 6.07) is 15.8. The van der Waals surface area contributed by atoms with Gasteiger partial charge in [0.2, 0.25) is 0 Å². The molecule has 3 heterocycles. The maximum atomic E-state index is 12.5. The van der Waals surface area contributed by atoms with Gasteiger partial charge in [-0.1, -0.05) is 23.8 Å². The maximum Gasteiger partial charge on any atom is 0.261 e. The Kier molecular flexibility index (Phi) is 4.26. The molecule has 6 heteroatoms. The van der Waals surface area contributed by atoms with Crippen molar-refractivity contribution in [3.63, 3.8) is 0 Å². The molecule has 0 radical (unpaired) electrons. The van der Waals surface area contributed by atoms with Crippen molar-refractivity contribution in [2.75, 3.05) is 0 Å². The Balaban J connectivity index is 1.62. The highest BCUT2D eigenvalue weighted by molar-refractivity contribution is 7.20. The third-order valence-electron chi connectivity index (χ3n) is 4.20. The number of nitrogens with one attached hydrogen (secondary N) is 1. The molecule has 4 aromatic rings. The van der Waals surface area contributed by atoms with Crippen molar-refractivity contribution in [3.8, 4) is 5.69 Å². The number of carbonyl (C=O) groups excluding carboxylic acids is 1. The lowest BCUT2D eigenvalue weighted by molar-refractivity contribution is 0.0954. The van der Waals surface area contributed by atoms with E-state index < -0.39 is 0 Å². The lowest BCUT2D eigenvalue weighted by Gasteiger charge is -2.03. The van der Waals surface area contributed by atoms with Gasteiger partial charge in [-0.05, 0) is 44.2 Å². The van der Waals surface area contributed by atoms with E-state index in [-0.39, 0.29) is 5.91 Å². The summed E-state index contributed by atoms with van der Waals surface area (Å²) < 4.78 is 1.91. The van der Waals surface area contributed by atoms with Crippen molar-refractivity contribution in [2.24, 2.45) is 0 Å².